The van der Waals surface area contributed by atoms with E-state index in [1.807, 2.05) is 25.1 Å². The first-order valence-corrected chi connectivity index (χ1v) is 10.5. The van der Waals surface area contributed by atoms with Crippen LogP contribution in [0.3, 0.4) is 0 Å². The average Bonchev–Trinajstić information content (AvgIpc) is 3.57. The summed E-state index contributed by atoms with van der Waals surface area (Å²) in [4.78, 5) is 34.1. The summed E-state index contributed by atoms with van der Waals surface area (Å²) in [5, 5.41) is 2.73. The summed E-state index contributed by atoms with van der Waals surface area (Å²) < 4.78 is 16.2. The van der Waals surface area contributed by atoms with Crippen LogP contribution in [0.1, 0.15) is 15.9 Å². The van der Waals surface area contributed by atoms with E-state index in [0.717, 1.165) is 5.56 Å². The molecule has 34 heavy (non-hydrogen) atoms. The number of carbonyl (C=O) groups is 2. The second-order valence-electron chi connectivity index (χ2n) is 7.52. The number of carbonyl (C=O) groups excluding carboxylic acids is 2. The summed E-state index contributed by atoms with van der Waals surface area (Å²) >= 11 is 0. The molecule has 0 radical (unpaired) electrons. The first-order valence-electron chi connectivity index (χ1n) is 10.5. The van der Waals surface area contributed by atoms with Gasteiger partial charge in [-0.05, 0) is 61.0 Å². The number of esters is 1. The van der Waals surface area contributed by atoms with Gasteiger partial charge in [0.05, 0.1) is 29.1 Å². The number of ether oxygens (including phenoxy) is 1. The number of nitrogens with one attached hydrogen (secondary N) is 1. The first-order chi connectivity index (χ1) is 16.6. The molecule has 1 N–H and O–H groups in total. The zero-order valence-electron chi connectivity index (χ0n) is 18.1. The predicted octanol–water partition coefficient (Wildman–Crippen LogP) is 5.25. The van der Waals surface area contributed by atoms with E-state index in [1.54, 1.807) is 61.1 Å². The van der Waals surface area contributed by atoms with Crippen LogP contribution in [0.5, 0.6) is 0 Å². The summed E-state index contributed by atoms with van der Waals surface area (Å²) in [6.07, 6.45) is 3.10. The molecule has 0 atom stereocenters. The van der Waals surface area contributed by atoms with Gasteiger partial charge in [0.2, 0.25) is 0 Å². The molecular formula is C26H19N3O5. The van der Waals surface area contributed by atoms with Crippen LogP contribution in [-0.4, -0.2) is 28.5 Å². The van der Waals surface area contributed by atoms with Crippen molar-refractivity contribution in [2.75, 3.05) is 11.9 Å². The molecule has 0 aliphatic heterocycles. The van der Waals surface area contributed by atoms with Gasteiger partial charge in [-0.2, -0.15) is 0 Å². The molecule has 5 aromatic rings. The van der Waals surface area contributed by atoms with Crippen molar-refractivity contribution in [3.8, 4) is 22.9 Å². The Morgan fingerprint density at radius 1 is 0.853 bits per heavy atom. The normalized spacial score (nSPS) is 10.9. The third-order valence-electron chi connectivity index (χ3n) is 5.16. The van der Waals surface area contributed by atoms with E-state index in [0.29, 0.717) is 39.6 Å². The number of aromatic nitrogens is 2. The maximum absolute atomic E-state index is 12.6. The van der Waals surface area contributed by atoms with Gasteiger partial charge >= 0.3 is 5.97 Å². The molecule has 0 spiro atoms. The number of hydrogen-bond acceptors (Lipinski definition) is 7. The van der Waals surface area contributed by atoms with Crippen LogP contribution in [0, 0.1) is 6.92 Å². The molecule has 3 aromatic heterocycles. The predicted molar refractivity (Wildman–Crippen MR) is 125 cm³/mol. The number of anilines is 1. The van der Waals surface area contributed by atoms with Crippen LogP contribution < -0.4 is 5.32 Å². The van der Waals surface area contributed by atoms with Crippen LogP contribution >= 0.6 is 0 Å². The van der Waals surface area contributed by atoms with Crippen molar-refractivity contribution in [3.63, 3.8) is 0 Å². The Labute approximate surface area is 194 Å². The Bertz CT molecular complexity index is 1470. The molecule has 0 saturated heterocycles. The van der Waals surface area contributed by atoms with Crippen LogP contribution in [0.4, 0.5) is 5.69 Å². The monoisotopic (exact) mass is 453 g/mol. The number of benzene rings is 2. The summed E-state index contributed by atoms with van der Waals surface area (Å²) in [7, 11) is 0. The molecule has 1 amide bonds. The Morgan fingerprint density at radius 2 is 1.53 bits per heavy atom. The maximum atomic E-state index is 12.6. The minimum Gasteiger partial charge on any atom is -0.463 e. The van der Waals surface area contributed by atoms with Crippen LogP contribution in [0.15, 0.2) is 88.1 Å². The van der Waals surface area contributed by atoms with Gasteiger partial charge in [-0.25, -0.2) is 14.8 Å². The van der Waals surface area contributed by atoms with Gasteiger partial charge in [0.1, 0.15) is 11.4 Å². The van der Waals surface area contributed by atoms with Crippen molar-refractivity contribution in [3.05, 3.63) is 90.4 Å². The SMILES string of the molecule is Cc1ccccc1NC(=O)COC(=O)c1ccc2nc(-c3ccco3)c(-c3ccco3)nc2c1. The van der Waals surface area contributed by atoms with Crippen molar-refractivity contribution in [2.24, 2.45) is 0 Å². The lowest BCUT2D eigenvalue weighted by molar-refractivity contribution is -0.119. The molecule has 8 heteroatoms. The van der Waals surface area contributed by atoms with E-state index >= 15 is 0 Å². The molecule has 3 heterocycles. The Hall–Kier alpha value is -4.72. The van der Waals surface area contributed by atoms with Gasteiger partial charge in [-0.15, -0.1) is 0 Å². The minimum atomic E-state index is -0.640. The summed E-state index contributed by atoms with van der Waals surface area (Å²) in [6.45, 7) is 1.47. The number of fused-ring (bicyclic) bond motifs is 1. The Balaban J connectivity index is 1.38. The van der Waals surface area contributed by atoms with Gasteiger partial charge in [0.25, 0.3) is 5.91 Å². The van der Waals surface area contributed by atoms with E-state index in [1.165, 1.54) is 0 Å². The van der Waals surface area contributed by atoms with Crippen molar-refractivity contribution in [1.82, 2.24) is 9.97 Å². The lowest BCUT2D eigenvalue weighted by atomic mass is 10.1. The van der Waals surface area contributed by atoms with E-state index < -0.39 is 18.5 Å². The fourth-order valence-corrected chi connectivity index (χ4v) is 3.47. The van der Waals surface area contributed by atoms with Crippen LogP contribution in [0.2, 0.25) is 0 Å². The van der Waals surface area contributed by atoms with Gasteiger partial charge in [0.15, 0.2) is 18.1 Å². The highest BCUT2D eigenvalue weighted by molar-refractivity contribution is 5.97. The summed E-state index contributed by atoms with van der Waals surface area (Å²) in [5.41, 5.74) is 3.88. The number of aryl methyl sites for hydroxylation is 1. The van der Waals surface area contributed by atoms with Gasteiger partial charge in [-0.3, -0.25) is 4.79 Å². The minimum absolute atomic E-state index is 0.252. The molecular weight excluding hydrogens is 434 g/mol. The zero-order chi connectivity index (χ0) is 23.5. The standard InChI is InChI=1S/C26H19N3O5/c1-16-6-2-3-7-18(16)27-23(30)15-34-26(31)17-10-11-19-20(14-17)29-25(22-9-5-13-33-22)24(28-19)21-8-4-12-32-21/h2-14H,15H2,1H3,(H,27,30). The fourth-order valence-electron chi connectivity index (χ4n) is 3.47. The van der Waals surface area contributed by atoms with Crippen LogP contribution in [-0.2, 0) is 9.53 Å². The Morgan fingerprint density at radius 3 is 2.18 bits per heavy atom. The largest absolute Gasteiger partial charge is 0.463 e. The summed E-state index contributed by atoms with van der Waals surface area (Å²) in [6, 6.07) is 19.3. The summed E-state index contributed by atoms with van der Waals surface area (Å²) in [5.74, 6) is -0.00433. The number of nitrogens with zero attached hydrogens (tertiary/aromatic N) is 2. The van der Waals surface area contributed by atoms with Crippen molar-refractivity contribution >= 4 is 28.6 Å². The van der Waals surface area contributed by atoms with Crippen molar-refractivity contribution in [2.45, 2.75) is 6.92 Å². The third-order valence-corrected chi connectivity index (χ3v) is 5.16. The average molecular weight is 453 g/mol. The van der Waals surface area contributed by atoms with E-state index in [-0.39, 0.29) is 5.56 Å². The highest BCUT2D eigenvalue weighted by Gasteiger charge is 2.19. The molecule has 0 aliphatic rings. The maximum Gasteiger partial charge on any atom is 0.338 e. The lowest BCUT2D eigenvalue weighted by Gasteiger charge is -2.10. The second-order valence-corrected chi connectivity index (χ2v) is 7.52. The quantitative estimate of drug-likeness (QED) is 0.350. The van der Waals surface area contributed by atoms with E-state index in [9.17, 15) is 9.59 Å². The second kappa shape index (κ2) is 9.03. The van der Waals surface area contributed by atoms with Gasteiger partial charge < -0.3 is 18.9 Å². The van der Waals surface area contributed by atoms with E-state index in [4.69, 9.17) is 13.6 Å². The number of furan rings is 2. The molecule has 0 bridgehead atoms. The van der Waals surface area contributed by atoms with Crippen molar-refractivity contribution < 1.29 is 23.2 Å². The van der Waals surface area contributed by atoms with E-state index in [2.05, 4.69) is 15.3 Å². The topological polar surface area (TPSA) is 107 Å². The van der Waals surface area contributed by atoms with Crippen LogP contribution in [0.25, 0.3) is 33.9 Å². The molecule has 0 aliphatic carbocycles. The molecule has 5 rings (SSSR count). The highest BCUT2D eigenvalue weighted by Crippen LogP contribution is 2.31. The molecule has 168 valence electrons. The molecule has 0 fully saturated rings. The van der Waals surface area contributed by atoms with Crippen molar-refractivity contribution in [1.29, 1.82) is 0 Å². The first kappa shape index (κ1) is 21.1. The smallest absolute Gasteiger partial charge is 0.338 e. The zero-order valence-corrected chi connectivity index (χ0v) is 18.1. The third kappa shape index (κ3) is 4.29. The van der Waals surface area contributed by atoms with Gasteiger partial charge in [-0.1, -0.05) is 18.2 Å². The molecule has 2 aromatic carbocycles. The highest BCUT2D eigenvalue weighted by atomic mass is 16.5. The molecule has 0 unspecified atom stereocenters. The number of para-hydroxylation sites is 1. The number of amides is 1. The lowest BCUT2D eigenvalue weighted by Crippen LogP contribution is -2.21. The van der Waals surface area contributed by atoms with Gasteiger partial charge in [0, 0.05) is 5.69 Å². The number of hydrogen-bond donors (Lipinski definition) is 1. The fraction of sp³-hybridized carbons (Fsp3) is 0.0769. The number of rotatable bonds is 6. The molecule has 8 nitrogen and oxygen atoms in total. The Kier molecular flexibility index (Phi) is 5.61. The molecule has 0 saturated carbocycles.